The first kappa shape index (κ1) is 15.1. The lowest BCUT2D eigenvalue weighted by molar-refractivity contribution is 0.0954. The van der Waals surface area contributed by atoms with Gasteiger partial charge in [-0.1, -0.05) is 24.3 Å². The average Bonchev–Trinajstić information content (AvgIpc) is 2.50. The van der Waals surface area contributed by atoms with E-state index in [-0.39, 0.29) is 5.91 Å². The lowest BCUT2D eigenvalue weighted by Gasteiger charge is -2.10. The maximum absolute atomic E-state index is 12.1. The third-order valence-electron chi connectivity index (χ3n) is 3.64. The summed E-state index contributed by atoms with van der Waals surface area (Å²) in [5.41, 5.74) is 4.13. The highest BCUT2D eigenvalue weighted by Crippen LogP contribution is 2.17. The van der Waals surface area contributed by atoms with Crippen LogP contribution in [0.2, 0.25) is 0 Å². The molecule has 0 spiro atoms. The maximum atomic E-state index is 12.1. The molecule has 0 aliphatic carbocycles. The second-order valence-corrected chi connectivity index (χ2v) is 5.12. The molecule has 1 N–H and O–H groups in total. The largest absolute Gasteiger partial charge is 0.496 e. The number of nitrogens with one attached hydrogen (secondary N) is 1. The predicted octanol–water partition coefficient (Wildman–Crippen LogP) is 3.28. The standard InChI is InChI=1S/C18H21NO2/c1-13-8-9-16(12-14(13)2)18(20)19-11-10-15-6-4-5-7-17(15)21-3/h4-9,12H,10-11H2,1-3H3,(H,19,20). The molecule has 1 amide bonds. The van der Waals surface area contributed by atoms with Gasteiger partial charge in [-0.15, -0.1) is 0 Å². The van der Waals surface area contributed by atoms with Crippen molar-refractivity contribution in [2.45, 2.75) is 20.3 Å². The summed E-state index contributed by atoms with van der Waals surface area (Å²) in [6.07, 6.45) is 0.751. The van der Waals surface area contributed by atoms with Crippen molar-refractivity contribution in [1.29, 1.82) is 0 Å². The molecule has 0 unspecified atom stereocenters. The number of amides is 1. The van der Waals surface area contributed by atoms with E-state index in [1.807, 2.05) is 56.3 Å². The van der Waals surface area contributed by atoms with Gasteiger partial charge in [-0.3, -0.25) is 4.79 Å². The van der Waals surface area contributed by atoms with E-state index in [9.17, 15) is 4.79 Å². The van der Waals surface area contributed by atoms with Crippen molar-refractivity contribution >= 4 is 5.91 Å². The molecule has 2 aromatic carbocycles. The van der Waals surface area contributed by atoms with Crippen molar-refractivity contribution in [3.63, 3.8) is 0 Å². The van der Waals surface area contributed by atoms with Gasteiger partial charge in [-0.25, -0.2) is 0 Å². The van der Waals surface area contributed by atoms with Crippen LogP contribution in [0.15, 0.2) is 42.5 Å². The fraction of sp³-hybridized carbons (Fsp3) is 0.278. The Kier molecular flexibility index (Phi) is 4.99. The molecule has 0 fully saturated rings. The molecule has 2 rings (SSSR count). The Hall–Kier alpha value is -2.29. The molecule has 0 aromatic heterocycles. The third kappa shape index (κ3) is 3.85. The number of hydrogen-bond acceptors (Lipinski definition) is 2. The van der Waals surface area contributed by atoms with Crippen LogP contribution in [0.5, 0.6) is 5.75 Å². The van der Waals surface area contributed by atoms with Crippen molar-refractivity contribution in [2.24, 2.45) is 0 Å². The van der Waals surface area contributed by atoms with Crippen molar-refractivity contribution in [1.82, 2.24) is 5.32 Å². The molecule has 21 heavy (non-hydrogen) atoms. The summed E-state index contributed by atoms with van der Waals surface area (Å²) in [6.45, 7) is 4.64. The highest BCUT2D eigenvalue weighted by atomic mass is 16.5. The molecule has 3 heteroatoms. The zero-order valence-corrected chi connectivity index (χ0v) is 12.8. The molecular weight excluding hydrogens is 262 g/mol. The lowest BCUT2D eigenvalue weighted by Crippen LogP contribution is -2.25. The molecule has 0 aliphatic rings. The monoisotopic (exact) mass is 283 g/mol. The van der Waals surface area contributed by atoms with Gasteiger partial charge >= 0.3 is 0 Å². The van der Waals surface area contributed by atoms with Gasteiger partial charge < -0.3 is 10.1 Å². The number of rotatable bonds is 5. The first-order chi connectivity index (χ1) is 10.1. The lowest BCUT2D eigenvalue weighted by atomic mass is 10.1. The minimum Gasteiger partial charge on any atom is -0.496 e. The number of carbonyl (C=O) groups is 1. The van der Waals surface area contributed by atoms with Crippen molar-refractivity contribution in [2.75, 3.05) is 13.7 Å². The third-order valence-corrected chi connectivity index (χ3v) is 3.64. The summed E-state index contributed by atoms with van der Waals surface area (Å²) in [5.74, 6) is 0.825. The Bertz CT molecular complexity index is 635. The molecule has 0 saturated heterocycles. The number of carbonyl (C=O) groups excluding carboxylic acids is 1. The minimum atomic E-state index is -0.0343. The van der Waals surface area contributed by atoms with Crippen molar-refractivity contribution in [3.8, 4) is 5.75 Å². The summed E-state index contributed by atoms with van der Waals surface area (Å²) >= 11 is 0. The van der Waals surface area contributed by atoms with E-state index in [1.54, 1.807) is 7.11 Å². The van der Waals surface area contributed by atoms with Gasteiger partial charge in [0.1, 0.15) is 5.75 Å². The predicted molar refractivity (Wildman–Crippen MR) is 84.9 cm³/mol. The normalized spacial score (nSPS) is 10.2. The Balaban J connectivity index is 1.93. The van der Waals surface area contributed by atoms with Gasteiger partial charge in [0.05, 0.1) is 7.11 Å². The number of para-hydroxylation sites is 1. The smallest absolute Gasteiger partial charge is 0.251 e. The first-order valence-corrected chi connectivity index (χ1v) is 7.09. The summed E-state index contributed by atoms with van der Waals surface area (Å²) in [7, 11) is 1.66. The van der Waals surface area contributed by atoms with Crippen LogP contribution < -0.4 is 10.1 Å². The Morgan fingerprint density at radius 2 is 1.86 bits per heavy atom. The minimum absolute atomic E-state index is 0.0343. The number of aryl methyl sites for hydroxylation is 2. The van der Waals surface area contributed by atoms with Gasteiger partial charge in [0.15, 0.2) is 0 Å². The SMILES string of the molecule is COc1ccccc1CCNC(=O)c1ccc(C)c(C)c1. The van der Waals surface area contributed by atoms with Gasteiger partial charge in [0.25, 0.3) is 5.91 Å². The Morgan fingerprint density at radius 3 is 2.57 bits per heavy atom. The zero-order chi connectivity index (χ0) is 15.2. The molecule has 0 heterocycles. The van der Waals surface area contributed by atoms with E-state index in [0.29, 0.717) is 12.1 Å². The molecule has 0 saturated carbocycles. The zero-order valence-electron chi connectivity index (χ0n) is 12.8. The summed E-state index contributed by atoms with van der Waals surface area (Å²) in [6, 6.07) is 13.6. The molecule has 0 atom stereocenters. The van der Waals surface area contributed by atoms with Crippen LogP contribution in [0, 0.1) is 13.8 Å². The number of hydrogen-bond donors (Lipinski definition) is 1. The van der Waals surface area contributed by atoms with Gasteiger partial charge in [0, 0.05) is 12.1 Å². The van der Waals surface area contributed by atoms with Gasteiger partial charge in [0.2, 0.25) is 0 Å². The fourth-order valence-corrected chi connectivity index (χ4v) is 2.20. The van der Waals surface area contributed by atoms with Crippen molar-refractivity contribution < 1.29 is 9.53 Å². The van der Waals surface area contributed by atoms with E-state index in [1.165, 1.54) is 5.56 Å². The fourth-order valence-electron chi connectivity index (χ4n) is 2.20. The van der Waals surface area contributed by atoms with Crippen LogP contribution in [-0.2, 0) is 6.42 Å². The van der Waals surface area contributed by atoms with Crippen LogP contribution >= 0.6 is 0 Å². The molecule has 0 bridgehead atoms. The van der Waals surface area contributed by atoms with E-state index in [2.05, 4.69) is 5.32 Å². The van der Waals surface area contributed by atoms with Crippen LogP contribution in [0.4, 0.5) is 0 Å². The molecule has 0 aliphatic heterocycles. The second-order valence-electron chi connectivity index (χ2n) is 5.12. The van der Waals surface area contributed by atoms with E-state index in [0.717, 1.165) is 23.3 Å². The van der Waals surface area contributed by atoms with Gasteiger partial charge in [-0.05, 0) is 55.2 Å². The van der Waals surface area contributed by atoms with Crippen LogP contribution in [0.3, 0.4) is 0 Å². The second kappa shape index (κ2) is 6.93. The average molecular weight is 283 g/mol. The van der Waals surface area contributed by atoms with Crippen LogP contribution in [-0.4, -0.2) is 19.6 Å². The number of methoxy groups -OCH3 is 1. The summed E-state index contributed by atoms with van der Waals surface area (Å²) in [5, 5.41) is 2.95. The molecule has 110 valence electrons. The first-order valence-electron chi connectivity index (χ1n) is 7.09. The summed E-state index contributed by atoms with van der Waals surface area (Å²) < 4.78 is 5.30. The molecule has 0 radical (unpaired) electrons. The maximum Gasteiger partial charge on any atom is 0.251 e. The number of benzene rings is 2. The Morgan fingerprint density at radius 1 is 1.10 bits per heavy atom. The van der Waals surface area contributed by atoms with E-state index in [4.69, 9.17) is 4.74 Å². The highest BCUT2D eigenvalue weighted by molar-refractivity contribution is 5.94. The van der Waals surface area contributed by atoms with E-state index >= 15 is 0 Å². The van der Waals surface area contributed by atoms with E-state index < -0.39 is 0 Å². The van der Waals surface area contributed by atoms with Crippen molar-refractivity contribution in [3.05, 3.63) is 64.7 Å². The topological polar surface area (TPSA) is 38.3 Å². The quantitative estimate of drug-likeness (QED) is 0.914. The number of ether oxygens (including phenoxy) is 1. The Labute approximate surface area is 126 Å². The molecule has 3 nitrogen and oxygen atoms in total. The van der Waals surface area contributed by atoms with Crippen LogP contribution in [0.1, 0.15) is 27.0 Å². The molecular formula is C18H21NO2. The summed E-state index contributed by atoms with van der Waals surface area (Å²) in [4.78, 5) is 12.1. The highest BCUT2D eigenvalue weighted by Gasteiger charge is 2.07. The van der Waals surface area contributed by atoms with Gasteiger partial charge in [-0.2, -0.15) is 0 Å². The van der Waals surface area contributed by atoms with Crippen LogP contribution in [0.25, 0.3) is 0 Å². The molecule has 2 aromatic rings.